The van der Waals surface area contributed by atoms with E-state index in [1.807, 2.05) is 6.07 Å². The predicted octanol–water partition coefficient (Wildman–Crippen LogP) is 3.84. The summed E-state index contributed by atoms with van der Waals surface area (Å²) in [6.45, 7) is 2.19. The minimum atomic E-state index is -0.368. The van der Waals surface area contributed by atoms with E-state index in [4.69, 9.17) is 4.74 Å². The number of ether oxygens (including phenoxy) is 1. The molecule has 2 aromatic carbocycles. The molecule has 1 aromatic heterocycles. The van der Waals surface area contributed by atoms with Gasteiger partial charge in [-0.05, 0) is 37.1 Å². The molecule has 0 bridgehead atoms. The van der Waals surface area contributed by atoms with Crippen LogP contribution in [0.25, 0.3) is 0 Å². The Labute approximate surface area is 162 Å². The zero-order chi connectivity index (χ0) is 19.9. The van der Waals surface area contributed by atoms with Gasteiger partial charge < -0.3 is 15.4 Å². The summed E-state index contributed by atoms with van der Waals surface area (Å²) in [6, 6.07) is 15.3. The number of benzene rings is 2. The summed E-state index contributed by atoms with van der Waals surface area (Å²) in [4.78, 5) is 21.1. The van der Waals surface area contributed by atoms with Crippen LogP contribution in [0, 0.1) is 12.7 Å². The molecule has 6 nitrogen and oxygen atoms in total. The Morgan fingerprint density at radius 3 is 2.64 bits per heavy atom. The van der Waals surface area contributed by atoms with Crippen molar-refractivity contribution in [1.29, 1.82) is 0 Å². The summed E-state index contributed by atoms with van der Waals surface area (Å²) in [5.41, 5.74) is 1.40. The van der Waals surface area contributed by atoms with Gasteiger partial charge in [0.25, 0.3) is 5.91 Å². The van der Waals surface area contributed by atoms with Crippen LogP contribution in [0.5, 0.6) is 5.75 Å². The van der Waals surface area contributed by atoms with Crippen LogP contribution in [0.1, 0.15) is 21.9 Å². The molecule has 1 heterocycles. The number of hydrogen-bond donors (Lipinski definition) is 2. The largest absolute Gasteiger partial charge is 0.495 e. The van der Waals surface area contributed by atoms with Crippen LogP contribution in [0.3, 0.4) is 0 Å². The molecule has 0 radical (unpaired) electrons. The zero-order valence-electron chi connectivity index (χ0n) is 15.7. The van der Waals surface area contributed by atoms with Crippen molar-refractivity contribution in [3.05, 3.63) is 77.5 Å². The highest BCUT2D eigenvalue weighted by Gasteiger charge is 2.13. The van der Waals surface area contributed by atoms with Crippen LogP contribution in [-0.2, 0) is 6.42 Å². The van der Waals surface area contributed by atoms with E-state index in [2.05, 4.69) is 20.6 Å². The van der Waals surface area contributed by atoms with Gasteiger partial charge in [0.2, 0.25) is 0 Å². The van der Waals surface area contributed by atoms with Crippen LogP contribution in [0.4, 0.5) is 15.9 Å². The number of anilines is 2. The van der Waals surface area contributed by atoms with Crippen molar-refractivity contribution >= 4 is 17.4 Å². The highest BCUT2D eigenvalue weighted by Crippen LogP contribution is 2.23. The Kier molecular flexibility index (Phi) is 6.16. The number of halogens is 1. The van der Waals surface area contributed by atoms with Crippen LogP contribution < -0.4 is 15.4 Å². The summed E-state index contributed by atoms with van der Waals surface area (Å²) >= 11 is 0. The van der Waals surface area contributed by atoms with E-state index >= 15 is 0 Å². The summed E-state index contributed by atoms with van der Waals surface area (Å²) in [6.07, 6.45) is 0.498. The summed E-state index contributed by atoms with van der Waals surface area (Å²) in [5, 5.41) is 5.91. The van der Waals surface area contributed by atoms with Gasteiger partial charge in [-0.3, -0.25) is 4.79 Å². The van der Waals surface area contributed by atoms with Crippen molar-refractivity contribution in [3.63, 3.8) is 0 Å². The van der Waals surface area contributed by atoms with Crippen LogP contribution in [0.15, 0.2) is 54.6 Å². The normalized spacial score (nSPS) is 10.4. The molecule has 0 saturated heterocycles. The predicted molar refractivity (Wildman–Crippen MR) is 106 cm³/mol. The topological polar surface area (TPSA) is 76.1 Å². The number of rotatable bonds is 7. The third-order valence-corrected chi connectivity index (χ3v) is 4.08. The Bertz CT molecular complexity index is 978. The lowest BCUT2D eigenvalue weighted by atomic mass is 10.1. The minimum Gasteiger partial charge on any atom is -0.495 e. The smallest absolute Gasteiger partial charge is 0.274 e. The van der Waals surface area contributed by atoms with Gasteiger partial charge in [-0.15, -0.1) is 0 Å². The van der Waals surface area contributed by atoms with E-state index in [1.54, 1.807) is 49.4 Å². The molecule has 3 rings (SSSR count). The number of nitrogens with one attached hydrogen (secondary N) is 2. The molecule has 0 fully saturated rings. The van der Waals surface area contributed by atoms with Gasteiger partial charge in [0.15, 0.2) is 0 Å². The molecule has 0 atom stereocenters. The molecule has 144 valence electrons. The van der Waals surface area contributed by atoms with Gasteiger partial charge >= 0.3 is 0 Å². The number of carbonyl (C=O) groups excluding carboxylic acids is 1. The van der Waals surface area contributed by atoms with Gasteiger partial charge in [-0.25, -0.2) is 14.4 Å². The van der Waals surface area contributed by atoms with E-state index in [9.17, 15) is 9.18 Å². The third kappa shape index (κ3) is 4.82. The van der Waals surface area contributed by atoms with E-state index in [-0.39, 0.29) is 17.4 Å². The SMILES string of the molecule is COc1ccccc1NC(=O)c1cc(NCCc2ccccc2F)nc(C)n1. The second-order valence-corrected chi connectivity index (χ2v) is 6.11. The maximum atomic E-state index is 13.7. The van der Waals surface area contributed by atoms with E-state index < -0.39 is 0 Å². The maximum absolute atomic E-state index is 13.7. The Morgan fingerprint density at radius 2 is 1.86 bits per heavy atom. The van der Waals surface area contributed by atoms with Crippen molar-refractivity contribution in [2.24, 2.45) is 0 Å². The fraction of sp³-hybridized carbons (Fsp3) is 0.190. The van der Waals surface area contributed by atoms with Crippen LogP contribution >= 0.6 is 0 Å². The fourth-order valence-electron chi connectivity index (χ4n) is 2.74. The average Bonchev–Trinajstić information content (AvgIpc) is 2.69. The van der Waals surface area contributed by atoms with Gasteiger partial charge in [0.1, 0.15) is 28.9 Å². The molecule has 3 aromatic rings. The molecule has 0 unspecified atom stereocenters. The number of aromatic nitrogens is 2. The molecular formula is C21H21FN4O2. The second kappa shape index (κ2) is 8.94. The standard InChI is InChI=1S/C21H21FN4O2/c1-14-24-18(21(27)26-17-9-5-6-10-19(17)28-2)13-20(25-14)23-12-11-15-7-3-4-8-16(15)22/h3-10,13H,11-12H2,1-2H3,(H,26,27)(H,23,24,25). The van der Waals surface area contributed by atoms with E-state index in [0.29, 0.717) is 41.6 Å². The minimum absolute atomic E-state index is 0.229. The van der Waals surface area contributed by atoms with Crippen molar-refractivity contribution in [2.45, 2.75) is 13.3 Å². The van der Waals surface area contributed by atoms with Gasteiger partial charge in [0.05, 0.1) is 12.8 Å². The number of nitrogens with zero attached hydrogens (tertiary/aromatic N) is 2. The second-order valence-electron chi connectivity index (χ2n) is 6.11. The number of methoxy groups -OCH3 is 1. The third-order valence-electron chi connectivity index (χ3n) is 4.08. The van der Waals surface area contributed by atoms with Crippen LogP contribution in [0.2, 0.25) is 0 Å². The van der Waals surface area contributed by atoms with E-state index in [0.717, 1.165) is 0 Å². The summed E-state index contributed by atoms with van der Waals surface area (Å²) in [5.74, 6) is 0.923. The maximum Gasteiger partial charge on any atom is 0.274 e. The average molecular weight is 380 g/mol. The highest BCUT2D eigenvalue weighted by molar-refractivity contribution is 6.04. The first kappa shape index (κ1) is 19.3. The first-order chi connectivity index (χ1) is 13.6. The number of hydrogen-bond acceptors (Lipinski definition) is 5. The van der Waals surface area contributed by atoms with Gasteiger partial charge in [-0.2, -0.15) is 0 Å². The number of amides is 1. The highest BCUT2D eigenvalue weighted by atomic mass is 19.1. The molecule has 1 amide bonds. The van der Waals surface area contributed by atoms with Crippen LogP contribution in [-0.4, -0.2) is 29.5 Å². The Morgan fingerprint density at radius 1 is 1.11 bits per heavy atom. The first-order valence-electron chi connectivity index (χ1n) is 8.84. The number of aryl methyl sites for hydroxylation is 1. The molecule has 0 aliphatic rings. The van der Waals surface area contributed by atoms with E-state index in [1.165, 1.54) is 13.2 Å². The quantitative estimate of drug-likeness (QED) is 0.651. The van der Waals surface area contributed by atoms with Gasteiger partial charge in [-0.1, -0.05) is 30.3 Å². The summed E-state index contributed by atoms with van der Waals surface area (Å²) in [7, 11) is 1.54. The number of carbonyl (C=O) groups is 1. The Balaban J connectivity index is 1.68. The monoisotopic (exact) mass is 380 g/mol. The molecule has 2 N–H and O–H groups in total. The number of para-hydroxylation sites is 2. The molecule has 0 saturated carbocycles. The molecule has 7 heteroatoms. The first-order valence-corrected chi connectivity index (χ1v) is 8.84. The van der Waals surface area contributed by atoms with Crippen molar-refractivity contribution in [2.75, 3.05) is 24.3 Å². The molecule has 0 spiro atoms. The summed E-state index contributed by atoms with van der Waals surface area (Å²) < 4.78 is 18.9. The molecule has 0 aliphatic carbocycles. The Hall–Kier alpha value is -3.48. The molecular weight excluding hydrogens is 359 g/mol. The lowest BCUT2D eigenvalue weighted by Crippen LogP contribution is -2.17. The van der Waals surface area contributed by atoms with Crippen molar-refractivity contribution in [3.8, 4) is 5.75 Å². The molecule has 28 heavy (non-hydrogen) atoms. The van der Waals surface area contributed by atoms with Crippen molar-refractivity contribution < 1.29 is 13.9 Å². The zero-order valence-corrected chi connectivity index (χ0v) is 15.7. The van der Waals surface area contributed by atoms with Gasteiger partial charge in [0, 0.05) is 12.6 Å². The fourth-order valence-corrected chi connectivity index (χ4v) is 2.74. The lowest BCUT2D eigenvalue weighted by molar-refractivity contribution is 0.102. The molecule has 0 aliphatic heterocycles. The van der Waals surface area contributed by atoms with Crippen molar-refractivity contribution in [1.82, 2.24) is 9.97 Å². The lowest BCUT2D eigenvalue weighted by Gasteiger charge is -2.11.